The van der Waals surface area contributed by atoms with Gasteiger partial charge < -0.3 is 5.32 Å². The molecule has 170 valence electrons. The molecule has 0 atom stereocenters. The summed E-state index contributed by atoms with van der Waals surface area (Å²) in [5, 5.41) is 3.78. The Morgan fingerprint density at radius 2 is 1.39 bits per heavy atom. The molecule has 0 aromatic heterocycles. The summed E-state index contributed by atoms with van der Waals surface area (Å²) < 4.78 is 0. The predicted octanol–water partition coefficient (Wildman–Crippen LogP) is 8.86. The molecule has 4 fully saturated rings. The van der Waals surface area contributed by atoms with Gasteiger partial charge in [-0.1, -0.05) is 69.3 Å². The van der Waals surface area contributed by atoms with Crippen molar-refractivity contribution >= 4 is 11.4 Å². The largest absolute Gasteiger partial charge is 0.355 e. The van der Waals surface area contributed by atoms with Gasteiger partial charge in [0.05, 0.1) is 0 Å². The fraction of sp³-hybridized carbons (Fsp3) is 0.438. The van der Waals surface area contributed by atoms with Crippen molar-refractivity contribution in [2.24, 2.45) is 17.8 Å². The zero-order chi connectivity index (χ0) is 22.6. The van der Waals surface area contributed by atoms with E-state index in [0.29, 0.717) is 5.41 Å². The van der Waals surface area contributed by atoms with Crippen molar-refractivity contribution in [3.8, 4) is 11.1 Å². The molecule has 0 aliphatic heterocycles. The number of hydrogen-bond donors (Lipinski definition) is 1. The predicted molar refractivity (Wildman–Crippen MR) is 140 cm³/mol. The van der Waals surface area contributed by atoms with E-state index < -0.39 is 0 Å². The summed E-state index contributed by atoms with van der Waals surface area (Å²) in [6.45, 7) is 6.84. The quantitative estimate of drug-likeness (QED) is 0.431. The van der Waals surface area contributed by atoms with Crippen molar-refractivity contribution < 1.29 is 0 Å². The molecule has 4 saturated carbocycles. The lowest BCUT2D eigenvalue weighted by molar-refractivity contribution is -0.00516. The summed E-state index contributed by atoms with van der Waals surface area (Å²) in [5.41, 5.74) is 8.53. The Kier molecular flexibility index (Phi) is 4.94. The van der Waals surface area contributed by atoms with Crippen molar-refractivity contribution in [2.75, 3.05) is 5.32 Å². The average molecular weight is 436 g/mol. The lowest BCUT2D eigenvalue weighted by Gasteiger charge is -2.57. The maximum Gasteiger partial charge on any atom is 0.0464 e. The Morgan fingerprint density at radius 3 is 2.03 bits per heavy atom. The van der Waals surface area contributed by atoms with Crippen molar-refractivity contribution in [1.82, 2.24) is 0 Å². The second-order valence-corrected chi connectivity index (χ2v) is 12.3. The molecule has 1 nitrogen and oxygen atoms in total. The molecule has 4 aliphatic rings. The summed E-state index contributed by atoms with van der Waals surface area (Å²) in [5.74, 6) is 2.90. The number of hydrogen-bond acceptors (Lipinski definition) is 1. The van der Waals surface area contributed by atoms with Crippen LogP contribution in [0.25, 0.3) is 11.1 Å². The van der Waals surface area contributed by atoms with E-state index in [1.54, 1.807) is 5.56 Å². The molecule has 33 heavy (non-hydrogen) atoms. The van der Waals surface area contributed by atoms with Crippen LogP contribution in [-0.4, -0.2) is 0 Å². The Labute approximate surface area is 199 Å². The molecule has 4 aliphatic carbocycles. The summed E-state index contributed by atoms with van der Waals surface area (Å²) in [6.07, 6.45) is 8.71. The number of anilines is 2. The molecule has 1 N–H and O–H groups in total. The van der Waals surface area contributed by atoms with Gasteiger partial charge in [0.2, 0.25) is 0 Å². The summed E-state index contributed by atoms with van der Waals surface area (Å²) in [6, 6.07) is 27.2. The van der Waals surface area contributed by atoms with Gasteiger partial charge >= 0.3 is 0 Å². The van der Waals surface area contributed by atoms with E-state index in [4.69, 9.17) is 0 Å². The molecule has 3 aromatic carbocycles. The third-order valence-corrected chi connectivity index (χ3v) is 8.76. The minimum atomic E-state index is 0.141. The highest BCUT2D eigenvalue weighted by molar-refractivity contribution is 5.82. The maximum atomic E-state index is 3.78. The van der Waals surface area contributed by atoms with Gasteiger partial charge in [0.25, 0.3) is 0 Å². The Balaban J connectivity index is 1.40. The first-order chi connectivity index (χ1) is 15.9. The van der Waals surface area contributed by atoms with E-state index in [2.05, 4.69) is 98.9 Å². The third kappa shape index (κ3) is 3.90. The van der Waals surface area contributed by atoms with Gasteiger partial charge in [-0.3, -0.25) is 0 Å². The SMILES string of the molecule is CC(C)(C)c1cccc(Nc2ccc(C34CC5CC(CC(C5)C3)C4)cc2-c2ccccc2)c1. The molecular weight excluding hydrogens is 398 g/mol. The molecule has 0 unspecified atom stereocenters. The van der Waals surface area contributed by atoms with Gasteiger partial charge in [-0.2, -0.15) is 0 Å². The fourth-order valence-electron chi connectivity index (χ4n) is 7.52. The maximum absolute atomic E-state index is 3.78. The monoisotopic (exact) mass is 435 g/mol. The van der Waals surface area contributed by atoms with Crippen LogP contribution in [0.3, 0.4) is 0 Å². The highest BCUT2D eigenvalue weighted by Gasteiger charge is 2.51. The zero-order valence-electron chi connectivity index (χ0n) is 20.4. The molecule has 0 heterocycles. The molecule has 0 amide bonds. The third-order valence-electron chi connectivity index (χ3n) is 8.76. The van der Waals surface area contributed by atoms with Crippen LogP contribution in [0.2, 0.25) is 0 Å². The van der Waals surface area contributed by atoms with Crippen molar-refractivity contribution in [3.63, 3.8) is 0 Å². The first kappa shape index (κ1) is 21.0. The molecule has 1 heteroatoms. The van der Waals surface area contributed by atoms with Gasteiger partial charge in [0.1, 0.15) is 0 Å². The minimum absolute atomic E-state index is 0.141. The summed E-state index contributed by atoms with van der Waals surface area (Å²) in [4.78, 5) is 0. The lowest BCUT2D eigenvalue weighted by Crippen LogP contribution is -2.48. The topological polar surface area (TPSA) is 12.0 Å². The molecule has 0 saturated heterocycles. The van der Waals surface area contributed by atoms with Crippen molar-refractivity contribution in [1.29, 1.82) is 0 Å². The van der Waals surface area contributed by atoms with E-state index in [1.807, 2.05) is 0 Å². The van der Waals surface area contributed by atoms with Crippen molar-refractivity contribution in [3.05, 3.63) is 83.9 Å². The average Bonchev–Trinajstić information content (AvgIpc) is 2.79. The van der Waals surface area contributed by atoms with E-state index >= 15 is 0 Å². The number of benzene rings is 3. The van der Waals surface area contributed by atoms with Gasteiger partial charge in [-0.25, -0.2) is 0 Å². The van der Waals surface area contributed by atoms with Crippen LogP contribution >= 0.6 is 0 Å². The lowest BCUT2D eigenvalue weighted by atomic mass is 9.48. The van der Waals surface area contributed by atoms with E-state index in [-0.39, 0.29) is 5.41 Å². The van der Waals surface area contributed by atoms with Crippen LogP contribution < -0.4 is 5.32 Å². The molecule has 0 radical (unpaired) electrons. The molecule has 0 spiro atoms. The second-order valence-electron chi connectivity index (χ2n) is 12.3. The van der Waals surface area contributed by atoms with Gasteiger partial charge in [-0.15, -0.1) is 0 Å². The van der Waals surface area contributed by atoms with Crippen LogP contribution in [0, 0.1) is 17.8 Å². The van der Waals surface area contributed by atoms with Crippen molar-refractivity contribution in [2.45, 2.75) is 70.1 Å². The minimum Gasteiger partial charge on any atom is -0.355 e. The molecule has 7 rings (SSSR count). The number of rotatable bonds is 4. The zero-order valence-corrected chi connectivity index (χ0v) is 20.4. The Hall–Kier alpha value is -2.54. The Bertz CT molecular complexity index is 1120. The van der Waals surface area contributed by atoms with Crippen LogP contribution in [0.1, 0.15) is 70.4 Å². The summed E-state index contributed by atoms with van der Waals surface area (Å²) >= 11 is 0. The number of nitrogens with one attached hydrogen (secondary N) is 1. The second kappa shape index (κ2) is 7.76. The molecular formula is C32H37N. The molecule has 4 bridgehead atoms. The first-order valence-corrected chi connectivity index (χ1v) is 13.0. The van der Waals surface area contributed by atoms with Crippen LogP contribution in [0.4, 0.5) is 11.4 Å². The smallest absolute Gasteiger partial charge is 0.0464 e. The van der Waals surface area contributed by atoms with E-state index in [0.717, 1.165) is 17.8 Å². The van der Waals surface area contributed by atoms with E-state index in [9.17, 15) is 0 Å². The van der Waals surface area contributed by atoms with Gasteiger partial charge in [0, 0.05) is 16.9 Å². The highest BCUT2D eigenvalue weighted by atomic mass is 14.9. The summed E-state index contributed by atoms with van der Waals surface area (Å²) in [7, 11) is 0. The van der Waals surface area contributed by atoms with Gasteiger partial charge in [0.15, 0.2) is 0 Å². The standard InChI is InChI=1S/C32H37N/c1-31(2,3)26-10-7-11-28(17-26)33-30-13-12-27(18-29(30)25-8-5-4-6-9-25)32-19-22-14-23(20-32)16-24(15-22)21-32/h4-13,17-18,22-24,33H,14-16,19-21H2,1-3H3. The highest BCUT2D eigenvalue weighted by Crippen LogP contribution is 2.61. The fourth-order valence-corrected chi connectivity index (χ4v) is 7.52. The normalized spacial score (nSPS) is 28.2. The molecule has 3 aromatic rings. The van der Waals surface area contributed by atoms with Crippen LogP contribution in [0.5, 0.6) is 0 Å². The van der Waals surface area contributed by atoms with Gasteiger partial charge in [-0.05, 0) is 108 Å². The van der Waals surface area contributed by atoms with E-state index in [1.165, 1.54) is 66.6 Å². The van der Waals surface area contributed by atoms with Crippen LogP contribution in [-0.2, 0) is 10.8 Å². The first-order valence-electron chi connectivity index (χ1n) is 13.0. The van der Waals surface area contributed by atoms with Crippen LogP contribution in [0.15, 0.2) is 72.8 Å². The Morgan fingerprint density at radius 1 is 0.727 bits per heavy atom.